The number of amides is 1. The third-order valence-corrected chi connectivity index (χ3v) is 7.72. The third kappa shape index (κ3) is 4.29. The normalized spacial score (nSPS) is 26.0. The summed E-state index contributed by atoms with van der Waals surface area (Å²) in [6.45, 7) is 6.03. The molecule has 1 aromatic rings. The van der Waals surface area contributed by atoms with E-state index in [-0.39, 0.29) is 29.8 Å². The lowest BCUT2D eigenvalue weighted by Gasteiger charge is -2.28. The van der Waals surface area contributed by atoms with E-state index in [1.807, 2.05) is 13.8 Å². The van der Waals surface area contributed by atoms with Gasteiger partial charge in [0.05, 0.1) is 4.90 Å². The molecule has 1 amide bonds. The number of fused-ring (bicyclic) bond motifs is 2. The molecular formula is C20H30N2O3S. The van der Waals surface area contributed by atoms with Crippen LogP contribution in [0.3, 0.4) is 0 Å². The number of aryl methyl sites for hydroxylation is 2. The zero-order valence-corrected chi connectivity index (χ0v) is 16.7. The zero-order valence-electron chi connectivity index (χ0n) is 15.9. The van der Waals surface area contributed by atoms with Crippen LogP contribution in [0, 0.1) is 31.6 Å². The predicted molar refractivity (Wildman–Crippen MR) is 102 cm³/mol. The number of sulfonamides is 1. The Morgan fingerprint density at radius 1 is 1.19 bits per heavy atom. The largest absolute Gasteiger partial charge is 0.353 e. The van der Waals surface area contributed by atoms with Crippen LogP contribution in [0.25, 0.3) is 0 Å². The third-order valence-electron chi connectivity index (χ3n) is 6.26. The molecule has 2 aliphatic rings. The minimum absolute atomic E-state index is 0.0805. The number of carbonyl (C=O) groups is 1. The Hall–Kier alpha value is -1.40. The molecule has 0 unspecified atom stereocenters. The maximum absolute atomic E-state index is 12.4. The molecule has 5 nitrogen and oxygen atoms in total. The van der Waals surface area contributed by atoms with Crippen LogP contribution >= 0.6 is 0 Å². The molecule has 2 aliphatic carbocycles. The van der Waals surface area contributed by atoms with Crippen LogP contribution in [0.1, 0.15) is 50.2 Å². The number of nitrogens with one attached hydrogen (secondary N) is 2. The molecular weight excluding hydrogens is 348 g/mol. The van der Waals surface area contributed by atoms with Gasteiger partial charge in [0.15, 0.2) is 0 Å². The monoisotopic (exact) mass is 378 g/mol. The van der Waals surface area contributed by atoms with Gasteiger partial charge in [-0.3, -0.25) is 4.79 Å². The molecule has 2 saturated carbocycles. The van der Waals surface area contributed by atoms with E-state index in [9.17, 15) is 13.2 Å². The molecule has 2 N–H and O–H groups in total. The predicted octanol–water partition coefficient (Wildman–Crippen LogP) is 2.91. The molecule has 0 saturated heterocycles. The maximum Gasteiger partial charge on any atom is 0.240 e. The van der Waals surface area contributed by atoms with Crippen molar-refractivity contribution in [1.29, 1.82) is 0 Å². The highest BCUT2D eigenvalue weighted by Crippen LogP contribution is 2.49. The SMILES string of the molecule is Cc1ccc(S(=O)(=O)NCCC(=O)N[C@@H](C)[C@@H]2C[C@H]3CC[C@H]2C3)cc1C. The van der Waals surface area contributed by atoms with Gasteiger partial charge < -0.3 is 5.32 Å². The van der Waals surface area contributed by atoms with Crippen LogP contribution < -0.4 is 10.0 Å². The first-order valence-corrected chi connectivity index (χ1v) is 11.1. The van der Waals surface area contributed by atoms with Crippen LogP contribution in [0.2, 0.25) is 0 Å². The maximum atomic E-state index is 12.4. The first-order chi connectivity index (χ1) is 12.3. The second-order valence-corrected chi connectivity index (χ2v) is 9.86. The summed E-state index contributed by atoms with van der Waals surface area (Å²) in [5.41, 5.74) is 1.99. The van der Waals surface area contributed by atoms with Gasteiger partial charge in [-0.05, 0) is 81.0 Å². The molecule has 26 heavy (non-hydrogen) atoms. The van der Waals surface area contributed by atoms with Crippen molar-refractivity contribution in [1.82, 2.24) is 10.0 Å². The summed E-state index contributed by atoms with van der Waals surface area (Å²) in [6.07, 6.45) is 5.36. The Kier molecular flexibility index (Phi) is 5.72. The van der Waals surface area contributed by atoms with Crippen molar-refractivity contribution in [2.45, 2.75) is 63.8 Å². The molecule has 0 aromatic heterocycles. The van der Waals surface area contributed by atoms with E-state index in [0.29, 0.717) is 5.92 Å². The number of benzene rings is 1. The smallest absolute Gasteiger partial charge is 0.240 e. The van der Waals surface area contributed by atoms with E-state index < -0.39 is 10.0 Å². The van der Waals surface area contributed by atoms with Crippen molar-refractivity contribution in [2.75, 3.05) is 6.54 Å². The summed E-state index contributed by atoms with van der Waals surface area (Å²) < 4.78 is 27.2. The van der Waals surface area contributed by atoms with Gasteiger partial charge in [0, 0.05) is 19.0 Å². The fourth-order valence-corrected chi connectivity index (χ4v) is 5.72. The van der Waals surface area contributed by atoms with Crippen molar-refractivity contribution in [3.8, 4) is 0 Å². The van der Waals surface area contributed by atoms with Crippen LogP contribution in [-0.4, -0.2) is 26.9 Å². The van der Waals surface area contributed by atoms with E-state index in [1.165, 1.54) is 25.7 Å². The van der Waals surface area contributed by atoms with Crippen LogP contribution in [0.15, 0.2) is 23.1 Å². The second-order valence-electron chi connectivity index (χ2n) is 8.09. The molecule has 1 aromatic carbocycles. The fraction of sp³-hybridized carbons (Fsp3) is 0.650. The van der Waals surface area contributed by atoms with E-state index in [1.54, 1.807) is 18.2 Å². The molecule has 4 atom stereocenters. The molecule has 144 valence electrons. The lowest BCUT2D eigenvalue weighted by atomic mass is 9.84. The van der Waals surface area contributed by atoms with E-state index >= 15 is 0 Å². The average Bonchev–Trinajstić information content (AvgIpc) is 3.20. The van der Waals surface area contributed by atoms with Crippen molar-refractivity contribution in [2.24, 2.45) is 17.8 Å². The van der Waals surface area contributed by atoms with Gasteiger partial charge >= 0.3 is 0 Å². The van der Waals surface area contributed by atoms with Gasteiger partial charge in [-0.1, -0.05) is 12.5 Å². The summed E-state index contributed by atoms with van der Waals surface area (Å²) in [5.74, 6) is 2.13. The molecule has 0 spiro atoms. The highest BCUT2D eigenvalue weighted by atomic mass is 32.2. The number of hydrogen-bond acceptors (Lipinski definition) is 3. The van der Waals surface area contributed by atoms with Crippen LogP contribution in [-0.2, 0) is 14.8 Å². The Morgan fingerprint density at radius 2 is 1.96 bits per heavy atom. The highest BCUT2D eigenvalue weighted by molar-refractivity contribution is 7.89. The zero-order chi connectivity index (χ0) is 18.9. The van der Waals surface area contributed by atoms with Gasteiger partial charge in [0.25, 0.3) is 0 Å². The molecule has 2 bridgehead atoms. The Balaban J connectivity index is 1.46. The van der Waals surface area contributed by atoms with Gasteiger partial charge in [-0.2, -0.15) is 0 Å². The summed E-state index contributed by atoms with van der Waals surface area (Å²) in [4.78, 5) is 12.4. The minimum Gasteiger partial charge on any atom is -0.353 e. The topological polar surface area (TPSA) is 75.3 Å². The van der Waals surface area contributed by atoms with Gasteiger partial charge in [0.1, 0.15) is 0 Å². The lowest BCUT2D eigenvalue weighted by molar-refractivity contribution is -0.122. The highest BCUT2D eigenvalue weighted by Gasteiger charge is 2.42. The summed E-state index contributed by atoms with van der Waals surface area (Å²) in [5, 5.41) is 3.08. The molecule has 0 heterocycles. The molecule has 3 rings (SSSR count). The average molecular weight is 379 g/mol. The second kappa shape index (κ2) is 7.69. The van der Waals surface area contributed by atoms with Gasteiger partial charge in [-0.25, -0.2) is 13.1 Å². The molecule has 0 radical (unpaired) electrons. The van der Waals surface area contributed by atoms with Crippen molar-refractivity contribution < 1.29 is 13.2 Å². The van der Waals surface area contributed by atoms with E-state index in [2.05, 4.69) is 17.0 Å². The van der Waals surface area contributed by atoms with E-state index in [4.69, 9.17) is 0 Å². The lowest BCUT2D eigenvalue weighted by Crippen LogP contribution is -2.41. The van der Waals surface area contributed by atoms with Gasteiger partial charge in [-0.15, -0.1) is 0 Å². The Morgan fingerprint density at radius 3 is 2.58 bits per heavy atom. The Bertz CT molecular complexity index is 775. The van der Waals surface area contributed by atoms with Crippen LogP contribution in [0.4, 0.5) is 0 Å². The van der Waals surface area contributed by atoms with Crippen molar-refractivity contribution in [3.63, 3.8) is 0 Å². The number of carbonyl (C=O) groups excluding carboxylic acids is 1. The standard InChI is InChI=1S/C20H30N2O3S/c1-13-4-7-18(10-14(13)2)26(24,25)21-9-8-20(23)22-15(3)19-12-16-5-6-17(19)11-16/h4,7,10,15-17,19,21H,5-6,8-9,11-12H2,1-3H3,(H,22,23)/t15-,16-,17-,19-/m0/s1. The first kappa shape index (κ1) is 19.4. The summed E-state index contributed by atoms with van der Waals surface area (Å²) in [7, 11) is -3.58. The van der Waals surface area contributed by atoms with Crippen molar-refractivity contribution in [3.05, 3.63) is 29.3 Å². The van der Waals surface area contributed by atoms with Crippen LogP contribution in [0.5, 0.6) is 0 Å². The molecule has 0 aliphatic heterocycles. The summed E-state index contributed by atoms with van der Waals surface area (Å²) >= 11 is 0. The minimum atomic E-state index is -3.58. The molecule has 6 heteroatoms. The quantitative estimate of drug-likeness (QED) is 0.766. The van der Waals surface area contributed by atoms with Crippen molar-refractivity contribution >= 4 is 15.9 Å². The number of rotatable bonds is 7. The number of hydrogen-bond donors (Lipinski definition) is 2. The first-order valence-electron chi connectivity index (χ1n) is 9.62. The van der Waals surface area contributed by atoms with Gasteiger partial charge in [0.2, 0.25) is 15.9 Å². The van der Waals surface area contributed by atoms with E-state index in [0.717, 1.165) is 23.0 Å². The summed E-state index contributed by atoms with van der Waals surface area (Å²) in [6, 6.07) is 5.24. The Labute approximate surface area is 157 Å². The fourth-order valence-electron chi connectivity index (χ4n) is 4.60. The molecule has 2 fully saturated rings.